The van der Waals surface area contributed by atoms with E-state index in [0.717, 1.165) is 38.5 Å². The van der Waals surface area contributed by atoms with Crippen LogP contribution >= 0.6 is 0 Å². The normalized spacial score (nSPS) is 48.9. The zero-order chi connectivity index (χ0) is 14.8. The average Bonchev–Trinajstić information content (AvgIpc) is 2.76. The molecule has 4 aliphatic carbocycles. The van der Waals surface area contributed by atoms with E-state index in [2.05, 4.69) is 13.8 Å². The maximum atomic E-state index is 14.3. The molecule has 2 heteroatoms. The van der Waals surface area contributed by atoms with Crippen LogP contribution in [0.1, 0.15) is 58.8 Å². The number of allylic oxidation sites excluding steroid dienone is 4. The van der Waals surface area contributed by atoms with Crippen LogP contribution in [0.15, 0.2) is 23.6 Å². The molecule has 0 aromatic carbocycles. The molecule has 1 nitrogen and oxygen atoms in total. The number of carbonyl (C=O) groups is 1. The van der Waals surface area contributed by atoms with Gasteiger partial charge in [-0.25, -0.2) is 4.39 Å². The molecule has 4 rings (SSSR count). The first-order valence-corrected chi connectivity index (χ1v) is 8.55. The summed E-state index contributed by atoms with van der Waals surface area (Å²) in [5.41, 5.74) is 1.41. The maximum absolute atomic E-state index is 14.3. The lowest BCUT2D eigenvalue weighted by atomic mass is 9.47. The first-order valence-electron chi connectivity index (χ1n) is 8.55. The molecule has 0 aliphatic heterocycles. The van der Waals surface area contributed by atoms with Crippen LogP contribution in [0.5, 0.6) is 0 Å². The summed E-state index contributed by atoms with van der Waals surface area (Å²) in [6, 6.07) is 0. The number of hydrogen-bond acceptors (Lipinski definition) is 1. The Hall–Kier alpha value is -0.920. The molecule has 0 spiro atoms. The van der Waals surface area contributed by atoms with Crippen molar-refractivity contribution in [3.05, 3.63) is 23.6 Å². The number of fused-ring (bicyclic) bond motifs is 5. The van der Waals surface area contributed by atoms with Crippen molar-refractivity contribution >= 4 is 5.78 Å². The van der Waals surface area contributed by atoms with Crippen LogP contribution in [0.2, 0.25) is 0 Å². The van der Waals surface area contributed by atoms with E-state index in [1.54, 1.807) is 0 Å². The fourth-order valence-corrected chi connectivity index (χ4v) is 6.07. The summed E-state index contributed by atoms with van der Waals surface area (Å²) >= 11 is 0. The third-order valence-corrected chi connectivity index (χ3v) is 7.45. The molecule has 0 heterocycles. The van der Waals surface area contributed by atoms with E-state index in [0.29, 0.717) is 30.0 Å². The van der Waals surface area contributed by atoms with Crippen molar-refractivity contribution in [2.75, 3.05) is 0 Å². The molecule has 114 valence electrons. The van der Waals surface area contributed by atoms with Gasteiger partial charge in [-0.2, -0.15) is 0 Å². The van der Waals surface area contributed by atoms with Crippen LogP contribution in [-0.2, 0) is 4.79 Å². The number of ketones is 1. The summed E-state index contributed by atoms with van der Waals surface area (Å²) in [5.74, 6) is 2.25. The van der Waals surface area contributed by atoms with Gasteiger partial charge >= 0.3 is 0 Å². The van der Waals surface area contributed by atoms with Gasteiger partial charge in [-0.3, -0.25) is 4.79 Å². The van der Waals surface area contributed by atoms with Crippen LogP contribution in [0.25, 0.3) is 0 Å². The van der Waals surface area contributed by atoms with Crippen molar-refractivity contribution in [1.29, 1.82) is 0 Å². The minimum absolute atomic E-state index is 0.149. The van der Waals surface area contributed by atoms with Gasteiger partial charge in [0, 0.05) is 11.8 Å². The van der Waals surface area contributed by atoms with E-state index >= 15 is 0 Å². The standard InChI is InChI=1S/C19H25FO/c1-18-9-7-13(21)11-12(18)3-4-14-15-5-6-17(20)19(15,2)10-8-16(14)18/h6,11,14-16H,3-5,7-10H2,1-2H3/t14?,15?,16?,18-,19-/m0/s1. The number of halogens is 1. The molecule has 0 aromatic heterocycles. The summed E-state index contributed by atoms with van der Waals surface area (Å²) in [4.78, 5) is 11.8. The summed E-state index contributed by atoms with van der Waals surface area (Å²) in [6.07, 6.45) is 10.8. The Morgan fingerprint density at radius 2 is 1.90 bits per heavy atom. The summed E-state index contributed by atoms with van der Waals surface area (Å²) in [5, 5.41) is 0. The molecule has 0 amide bonds. The Morgan fingerprint density at radius 1 is 1.10 bits per heavy atom. The molecule has 0 N–H and O–H groups in total. The average molecular weight is 288 g/mol. The van der Waals surface area contributed by atoms with Crippen molar-refractivity contribution in [3.8, 4) is 0 Å². The van der Waals surface area contributed by atoms with Crippen LogP contribution in [-0.4, -0.2) is 5.78 Å². The zero-order valence-corrected chi connectivity index (χ0v) is 13.1. The van der Waals surface area contributed by atoms with E-state index in [1.165, 1.54) is 5.57 Å². The van der Waals surface area contributed by atoms with Crippen LogP contribution < -0.4 is 0 Å². The topological polar surface area (TPSA) is 17.1 Å². The summed E-state index contributed by atoms with van der Waals surface area (Å²) in [6.45, 7) is 4.52. The summed E-state index contributed by atoms with van der Waals surface area (Å²) < 4.78 is 14.3. The summed E-state index contributed by atoms with van der Waals surface area (Å²) in [7, 11) is 0. The smallest absolute Gasteiger partial charge is 0.155 e. The fraction of sp³-hybridized carbons (Fsp3) is 0.737. The van der Waals surface area contributed by atoms with Crippen LogP contribution in [0.3, 0.4) is 0 Å². The molecule has 5 atom stereocenters. The van der Waals surface area contributed by atoms with Crippen molar-refractivity contribution < 1.29 is 9.18 Å². The third kappa shape index (κ3) is 1.71. The van der Waals surface area contributed by atoms with Gasteiger partial charge in [-0.1, -0.05) is 25.5 Å². The van der Waals surface area contributed by atoms with Gasteiger partial charge in [0.25, 0.3) is 0 Å². The van der Waals surface area contributed by atoms with Crippen LogP contribution in [0, 0.1) is 28.6 Å². The van der Waals surface area contributed by atoms with E-state index in [1.807, 2.05) is 12.2 Å². The molecular formula is C19H25FO. The molecule has 0 saturated heterocycles. The van der Waals surface area contributed by atoms with Crippen molar-refractivity contribution in [3.63, 3.8) is 0 Å². The molecule has 3 unspecified atom stereocenters. The Bertz CT molecular complexity index is 560. The maximum Gasteiger partial charge on any atom is 0.155 e. The van der Waals surface area contributed by atoms with E-state index in [4.69, 9.17) is 0 Å². The highest BCUT2D eigenvalue weighted by Gasteiger charge is 2.57. The van der Waals surface area contributed by atoms with Crippen molar-refractivity contribution in [1.82, 2.24) is 0 Å². The van der Waals surface area contributed by atoms with Gasteiger partial charge in [-0.05, 0) is 67.8 Å². The van der Waals surface area contributed by atoms with Gasteiger partial charge in [0.15, 0.2) is 5.78 Å². The Morgan fingerprint density at radius 3 is 2.71 bits per heavy atom. The van der Waals surface area contributed by atoms with Gasteiger partial charge in [0.2, 0.25) is 0 Å². The Balaban J connectivity index is 1.70. The second-order valence-electron chi connectivity index (χ2n) is 8.21. The second-order valence-corrected chi connectivity index (χ2v) is 8.21. The highest BCUT2D eigenvalue weighted by Crippen LogP contribution is 2.65. The predicted molar refractivity (Wildman–Crippen MR) is 81.3 cm³/mol. The third-order valence-electron chi connectivity index (χ3n) is 7.45. The lowest BCUT2D eigenvalue weighted by Gasteiger charge is -2.57. The molecular weight excluding hydrogens is 263 g/mol. The Labute approximate surface area is 126 Å². The molecule has 2 saturated carbocycles. The van der Waals surface area contributed by atoms with Gasteiger partial charge < -0.3 is 0 Å². The highest BCUT2D eigenvalue weighted by atomic mass is 19.1. The molecule has 21 heavy (non-hydrogen) atoms. The first kappa shape index (κ1) is 13.7. The van der Waals surface area contributed by atoms with Crippen LogP contribution in [0.4, 0.5) is 4.39 Å². The molecule has 0 bridgehead atoms. The largest absolute Gasteiger partial charge is 0.295 e. The minimum atomic E-state index is -0.191. The first-order chi connectivity index (χ1) is 9.95. The molecule has 0 radical (unpaired) electrons. The quantitative estimate of drug-likeness (QED) is 0.614. The fourth-order valence-electron chi connectivity index (χ4n) is 6.07. The molecule has 4 aliphatic rings. The zero-order valence-electron chi connectivity index (χ0n) is 13.1. The van der Waals surface area contributed by atoms with E-state index in [-0.39, 0.29) is 16.7 Å². The predicted octanol–water partition coefficient (Wildman–Crippen LogP) is 4.98. The van der Waals surface area contributed by atoms with Gasteiger partial charge in [-0.15, -0.1) is 0 Å². The van der Waals surface area contributed by atoms with Crippen molar-refractivity contribution in [2.45, 2.75) is 58.8 Å². The van der Waals surface area contributed by atoms with E-state index in [9.17, 15) is 9.18 Å². The minimum Gasteiger partial charge on any atom is -0.295 e. The SMILES string of the molecule is C[C@]12CCC(=O)C=C1CCC1C2CC[C@]2(C)C(F)=CCC12. The second kappa shape index (κ2) is 4.30. The number of rotatable bonds is 0. The van der Waals surface area contributed by atoms with Gasteiger partial charge in [0.1, 0.15) is 5.83 Å². The van der Waals surface area contributed by atoms with E-state index < -0.39 is 0 Å². The Kier molecular flexibility index (Phi) is 2.81. The lowest BCUT2D eigenvalue weighted by molar-refractivity contribution is -0.117. The number of hydrogen-bond donors (Lipinski definition) is 0. The molecule has 2 fully saturated rings. The van der Waals surface area contributed by atoms with Crippen molar-refractivity contribution in [2.24, 2.45) is 28.6 Å². The lowest BCUT2D eigenvalue weighted by Crippen LogP contribution is -2.49. The monoisotopic (exact) mass is 288 g/mol. The van der Waals surface area contributed by atoms with Gasteiger partial charge in [0.05, 0.1) is 0 Å². The number of carbonyl (C=O) groups excluding carboxylic acids is 1. The molecule has 0 aromatic rings. The highest BCUT2D eigenvalue weighted by molar-refractivity contribution is 5.91.